The lowest BCUT2D eigenvalue weighted by molar-refractivity contribution is 0.0777. The quantitative estimate of drug-likeness (QED) is 0.697. The van der Waals surface area contributed by atoms with E-state index in [1.165, 1.54) is 4.90 Å². The van der Waals surface area contributed by atoms with Crippen LogP contribution in [0.2, 0.25) is 0 Å². The normalized spacial score (nSPS) is 9.40. The van der Waals surface area contributed by atoms with Crippen molar-refractivity contribution in [1.82, 2.24) is 9.88 Å². The Hall–Kier alpha value is -1.89. The number of hydrogen-bond donors (Lipinski definition) is 0. The largest absolute Gasteiger partial charge is 0.324 e. The van der Waals surface area contributed by atoms with Crippen LogP contribution < -0.4 is 0 Å². The number of carbonyl (C=O) groups excluding carboxylic acids is 1. The summed E-state index contributed by atoms with van der Waals surface area (Å²) in [6.45, 7) is 4.29. The number of nitrogens with zero attached hydrogens (tertiary/aromatic N) is 3. The molecular weight excluding hydrogens is 190 g/mol. The second-order valence-corrected chi connectivity index (χ2v) is 3.15. The highest BCUT2D eigenvalue weighted by Gasteiger charge is 2.16. The van der Waals surface area contributed by atoms with Gasteiger partial charge in [0.2, 0.25) is 0 Å². The third-order valence-corrected chi connectivity index (χ3v) is 2.14. The van der Waals surface area contributed by atoms with Gasteiger partial charge in [0.05, 0.1) is 6.07 Å². The highest BCUT2D eigenvalue weighted by atomic mass is 16.2. The summed E-state index contributed by atoms with van der Waals surface area (Å²) in [5.41, 5.74) is 1.26. The average Bonchev–Trinajstić information content (AvgIpc) is 2.25. The molecule has 0 bridgehead atoms. The van der Waals surface area contributed by atoms with E-state index >= 15 is 0 Å². The Morgan fingerprint density at radius 2 is 2.40 bits per heavy atom. The molecule has 0 aromatic carbocycles. The molecule has 0 radical (unpaired) electrons. The zero-order valence-corrected chi connectivity index (χ0v) is 8.90. The van der Waals surface area contributed by atoms with Crippen LogP contribution in [-0.2, 0) is 0 Å². The van der Waals surface area contributed by atoms with Gasteiger partial charge in [0.15, 0.2) is 0 Å². The van der Waals surface area contributed by atoms with Crippen molar-refractivity contribution in [2.45, 2.75) is 13.8 Å². The van der Waals surface area contributed by atoms with Crippen molar-refractivity contribution in [3.63, 3.8) is 0 Å². The summed E-state index contributed by atoms with van der Waals surface area (Å²) in [5, 5.41) is 8.57. The maximum atomic E-state index is 11.9. The fourth-order valence-corrected chi connectivity index (χ4v) is 1.27. The Bertz CT molecular complexity index is 395. The first-order valence-corrected chi connectivity index (χ1v) is 4.78. The van der Waals surface area contributed by atoms with Crippen molar-refractivity contribution >= 4 is 5.91 Å². The second-order valence-electron chi connectivity index (χ2n) is 3.15. The lowest BCUT2D eigenvalue weighted by Gasteiger charge is -2.17. The van der Waals surface area contributed by atoms with Gasteiger partial charge in [-0.05, 0) is 25.5 Å². The van der Waals surface area contributed by atoms with E-state index in [1.54, 1.807) is 12.3 Å². The van der Waals surface area contributed by atoms with Gasteiger partial charge < -0.3 is 4.90 Å². The maximum absolute atomic E-state index is 11.9. The number of hydrogen-bond acceptors (Lipinski definition) is 3. The minimum atomic E-state index is -0.183. The van der Waals surface area contributed by atoms with Crippen LogP contribution in [0.3, 0.4) is 0 Å². The molecule has 0 N–H and O–H groups in total. The molecule has 0 aliphatic heterocycles. The van der Waals surface area contributed by atoms with E-state index in [0.29, 0.717) is 12.2 Å². The third kappa shape index (κ3) is 2.53. The van der Waals surface area contributed by atoms with Crippen molar-refractivity contribution in [3.8, 4) is 6.07 Å². The molecule has 0 fully saturated rings. The second kappa shape index (κ2) is 5.11. The van der Waals surface area contributed by atoms with Crippen LogP contribution >= 0.6 is 0 Å². The number of pyridine rings is 1. The van der Waals surface area contributed by atoms with E-state index in [2.05, 4.69) is 4.98 Å². The Morgan fingerprint density at radius 3 is 2.93 bits per heavy atom. The molecule has 0 saturated heterocycles. The van der Waals surface area contributed by atoms with Gasteiger partial charge in [-0.25, -0.2) is 0 Å². The molecule has 1 aromatic rings. The summed E-state index contributed by atoms with van der Waals surface area (Å²) in [7, 11) is 0. The number of aryl methyl sites for hydroxylation is 1. The van der Waals surface area contributed by atoms with E-state index in [1.807, 2.05) is 26.0 Å². The molecule has 78 valence electrons. The Kier molecular flexibility index (Phi) is 3.81. The van der Waals surface area contributed by atoms with Crippen LogP contribution in [0.15, 0.2) is 18.3 Å². The lowest BCUT2D eigenvalue weighted by atomic mass is 10.2. The molecule has 15 heavy (non-hydrogen) atoms. The fourth-order valence-electron chi connectivity index (χ4n) is 1.27. The van der Waals surface area contributed by atoms with Crippen LogP contribution in [0, 0.1) is 18.3 Å². The minimum Gasteiger partial charge on any atom is -0.324 e. The highest BCUT2D eigenvalue weighted by molar-refractivity contribution is 5.93. The van der Waals surface area contributed by atoms with Crippen molar-refractivity contribution < 1.29 is 4.79 Å². The predicted molar refractivity (Wildman–Crippen MR) is 56.2 cm³/mol. The molecule has 1 amide bonds. The SMILES string of the molecule is CCN(CC#N)C(=O)c1ncccc1C. The lowest BCUT2D eigenvalue weighted by Crippen LogP contribution is -2.32. The Labute approximate surface area is 89.2 Å². The van der Waals surface area contributed by atoms with Crippen molar-refractivity contribution in [3.05, 3.63) is 29.6 Å². The van der Waals surface area contributed by atoms with E-state index in [4.69, 9.17) is 5.26 Å². The maximum Gasteiger partial charge on any atom is 0.273 e. The Balaban J connectivity index is 2.94. The summed E-state index contributed by atoms with van der Waals surface area (Å²) < 4.78 is 0. The van der Waals surface area contributed by atoms with Gasteiger partial charge in [0.25, 0.3) is 5.91 Å². The molecule has 0 atom stereocenters. The van der Waals surface area contributed by atoms with Gasteiger partial charge in [0.1, 0.15) is 12.2 Å². The molecule has 1 aromatic heterocycles. The first kappa shape index (κ1) is 11.2. The molecule has 1 heterocycles. The van der Waals surface area contributed by atoms with Crippen LogP contribution in [-0.4, -0.2) is 28.9 Å². The summed E-state index contributed by atoms with van der Waals surface area (Å²) in [4.78, 5) is 17.4. The summed E-state index contributed by atoms with van der Waals surface area (Å²) in [6.07, 6.45) is 1.58. The van der Waals surface area contributed by atoms with Gasteiger partial charge in [0, 0.05) is 12.7 Å². The molecule has 0 saturated carbocycles. The molecule has 0 aliphatic rings. The van der Waals surface area contributed by atoms with Gasteiger partial charge in [-0.2, -0.15) is 5.26 Å². The first-order valence-electron chi connectivity index (χ1n) is 4.78. The van der Waals surface area contributed by atoms with Gasteiger partial charge in [-0.15, -0.1) is 0 Å². The van der Waals surface area contributed by atoms with Crippen LogP contribution in [0.4, 0.5) is 0 Å². The third-order valence-electron chi connectivity index (χ3n) is 2.14. The van der Waals surface area contributed by atoms with E-state index in [-0.39, 0.29) is 12.5 Å². The molecule has 4 nitrogen and oxygen atoms in total. The predicted octanol–water partition coefficient (Wildman–Crippen LogP) is 1.38. The van der Waals surface area contributed by atoms with Gasteiger partial charge >= 0.3 is 0 Å². The Morgan fingerprint density at radius 1 is 1.67 bits per heavy atom. The number of nitriles is 1. The number of aromatic nitrogens is 1. The van der Waals surface area contributed by atoms with Gasteiger partial charge in [-0.3, -0.25) is 9.78 Å². The molecule has 1 rings (SSSR count). The average molecular weight is 203 g/mol. The van der Waals surface area contributed by atoms with E-state index in [9.17, 15) is 4.79 Å². The van der Waals surface area contributed by atoms with E-state index < -0.39 is 0 Å². The number of rotatable bonds is 3. The first-order chi connectivity index (χ1) is 7.20. The molecule has 4 heteroatoms. The van der Waals surface area contributed by atoms with Crippen LogP contribution in [0.25, 0.3) is 0 Å². The monoisotopic (exact) mass is 203 g/mol. The summed E-state index contributed by atoms with van der Waals surface area (Å²) >= 11 is 0. The van der Waals surface area contributed by atoms with Crippen molar-refractivity contribution in [2.75, 3.05) is 13.1 Å². The number of carbonyl (C=O) groups is 1. The summed E-state index contributed by atoms with van der Waals surface area (Å²) in [6, 6.07) is 5.58. The summed E-state index contributed by atoms with van der Waals surface area (Å²) in [5.74, 6) is -0.183. The molecule has 0 unspecified atom stereocenters. The zero-order chi connectivity index (χ0) is 11.3. The number of amides is 1. The topological polar surface area (TPSA) is 57.0 Å². The van der Waals surface area contributed by atoms with Crippen molar-refractivity contribution in [2.24, 2.45) is 0 Å². The fraction of sp³-hybridized carbons (Fsp3) is 0.364. The van der Waals surface area contributed by atoms with Crippen LogP contribution in [0.5, 0.6) is 0 Å². The minimum absolute atomic E-state index is 0.103. The zero-order valence-electron chi connectivity index (χ0n) is 8.90. The van der Waals surface area contributed by atoms with Crippen LogP contribution in [0.1, 0.15) is 23.0 Å². The highest BCUT2D eigenvalue weighted by Crippen LogP contribution is 2.06. The molecular formula is C11H13N3O. The van der Waals surface area contributed by atoms with E-state index in [0.717, 1.165) is 5.56 Å². The van der Waals surface area contributed by atoms with Crippen molar-refractivity contribution in [1.29, 1.82) is 5.26 Å². The standard InChI is InChI=1S/C11H13N3O/c1-3-14(8-6-12)11(15)10-9(2)5-4-7-13-10/h4-5,7H,3,8H2,1-2H3. The molecule has 0 spiro atoms. The smallest absolute Gasteiger partial charge is 0.273 e. The molecule has 0 aliphatic carbocycles. The van der Waals surface area contributed by atoms with Gasteiger partial charge in [-0.1, -0.05) is 6.07 Å².